The lowest BCUT2D eigenvalue weighted by molar-refractivity contribution is 0.0746. The van der Waals surface area contributed by atoms with Gasteiger partial charge in [0, 0.05) is 54.8 Å². The predicted octanol–water partition coefficient (Wildman–Crippen LogP) is 5.78. The molecule has 3 aromatic rings. The molecule has 2 heterocycles. The zero-order valence-corrected chi connectivity index (χ0v) is 20.8. The summed E-state index contributed by atoms with van der Waals surface area (Å²) in [6.07, 6.45) is 3.92. The quantitative estimate of drug-likeness (QED) is 0.435. The lowest BCUT2D eigenvalue weighted by Crippen LogP contribution is -2.49. The van der Waals surface area contributed by atoms with Crippen molar-refractivity contribution in [2.45, 2.75) is 38.5 Å². The molecule has 1 aromatic heterocycles. The van der Waals surface area contributed by atoms with Crippen molar-refractivity contribution in [3.05, 3.63) is 86.8 Å². The maximum atomic E-state index is 13.0. The average molecular weight is 495 g/mol. The Bertz CT molecular complexity index is 1200. The van der Waals surface area contributed by atoms with Crippen molar-refractivity contribution in [3.8, 4) is 0 Å². The van der Waals surface area contributed by atoms with E-state index in [9.17, 15) is 4.79 Å². The van der Waals surface area contributed by atoms with Gasteiger partial charge in [0.25, 0.3) is 5.91 Å². The van der Waals surface area contributed by atoms with Crippen LogP contribution in [-0.2, 0) is 12.8 Å². The van der Waals surface area contributed by atoms with E-state index in [-0.39, 0.29) is 5.91 Å². The molecule has 2 aromatic carbocycles. The van der Waals surface area contributed by atoms with Crippen molar-refractivity contribution in [2.75, 3.05) is 31.1 Å². The number of benzene rings is 2. The molecule has 176 valence electrons. The first-order valence-electron chi connectivity index (χ1n) is 12.0. The van der Waals surface area contributed by atoms with E-state index in [4.69, 9.17) is 33.2 Å². The first-order valence-corrected chi connectivity index (χ1v) is 12.7. The summed E-state index contributed by atoms with van der Waals surface area (Å²) in [6, 6.07) is 15.3. The molecule has 0 atom stereocenters. The maximum Gasteiger partial charge on any atom is 0.255 e. The number of rotatable bonds is 6. The molecule has 1 saturated carbocycles. The minimum atomic E-state index is -0.0139. The third kappa shape index (κ3) is 4.91. The van der Waals surface area contributed by atoms with Gasteiger partial charge in [-0.05, 0) is 49.1 Å². The van der Waals surface area contributed by atoms with Crippen molar-refractivity contribution in [3.63, 3.8) is 0 Å². The Morgan fingerprint density at radius 2 is 1.76 bits per heavy atom. The van der Waals surface area contributed by atoms with Crippen molar-refractivity contribution < 1.29 is 4.79 Å². The van der Waals surface area contributed by atoms with Crippen LogP contribution in [0.4, 0.5) is 5.82 Å². The van der Waals surface area contributed by atoms with Gasteiger partial charge >= 0.3 is 0 Å². The van der Waals surface area contributed by atoms with Gasteiger partial charge in [0.1, 0.15) is 11.6 Å². The highest BCUT2D eigenvalue weighted by Crippen LogP contribution is 2.40. The van der Waals surface area contributed by atoms with Crippen LogP contribution < -0.4 is 4.90 Å². The molecule has 0 N–H and O–H groups in total. The Morgan fingerprint density at radius 1 is 1.00 bits per heavy atom. The molecule has 1 saturated heterocycles. The van der Waals surface area contributed by atoms with E-state index in [0.717, 1.165) is 66.7 Å². The highest BCUT2D eigenvalue weighted by atomic mass is 35.5. The second-order valence-electron chi connectivity index (χ2n) is 9.02. The van der Waals surface area contributed by atoms with E-state index in [1.165, 1.54) is 5.56 Å². The molecule has 5 nitrogen and oxygen atoms in total. The molecule has 5 rings (SSSR count). The third-order valence-electron chi connectivity index (χ3n) is 6.61. The molecule has 1 aliphatic carbocycles. The number of aryl methyl sites for hydroxylation is 1. The number of carbonyl (C=O) groups excluding carboxylic acids is 1. The summed E-state index contributed by atoms with van der Waals surface area (Å²) in [6.45, 7) is 4.87. The second-order valence-corrected chi connectivity index (χ2v) is 9.87. The van der Waals surface area contributed by atoms with Gasteiger partial charge in [-0.15, -0.1) is 0 Å². The normalized spacial score (nSPS) is 16.1. The number of carbonyl (C=O) groups is 1. The minimum Gasteiger partial charge on any atom is -0.353 e. The molecular formula is C27H28Cl2N4O. The molecule has 0 radical (unpaired) electrons. The van der Waals surface area contributed by atoms with E-state index < -0.39 is 0 Å². The summed E-state index contributed by atoms with van der Waals surface area (Å²) in [7, 11) is 0. The number of piperazine rings is 1. The molecule has 0 spiro atoms. The van der Waals surface area contributed by atoms with Gasteiger partial charge in [-0.25, -0.2) is 9.97 Å². The minimum absolute atomic E-state index is 0.0139. The number of hydrogen-bond donors (Lipinski definition) is 0. The molecule has 34 heavy (non-hydrogen) atoms. The standard InChI is InChI=1S/C27H28Cl2N4O/c1-2-24-22(17-18-6-5-7-20(28)16-18)26(31-25(30-24)19-10-11-19)32-12-14-33(15-13-32)27(34)21-8-3-4-9-23(21)29/h3-9,16,19H,2,10-15,17H2,1H3. The molecule has 1 aliphatic heterocycles. The Morgan fingerprint density at radius 3 is 2.44 bits per heavy atom. The molecule has 2 fully saturated rings. The molecule has 0 bridgehead atoms. The van der Waals surface area contributed by atoms with E-state index in [1.807, 2.05) is 35.2 Å². The van der Waals surface area contributed by atoms with Crippen LogP contribution in [-0.4, -0.2) is 47.0 Å². The van der Waals surface area contributed by atoms with Gasteiger partial charge in [-0.1, -0.05) is 54.4 Å². The predicted molar refractivity (Wildman–Crippen MR) is 137 cm³/mol. The number of amides is 1. The summed E-state index contributed by atoms with van der Waals surface area (Å²) in [4.78, 5) is 27.3. The van der Waals surface area contributed by atoms with Gasteiger partial charge in [-0.2, -0.15) is 0 Å². The smallest absolute Gasteiger partial charge is 0.255 e. The van der Waals surface area contributed by atoms with Gasteiger partial charge < -0.3 is 9.80 Å². The monoisotopic (exact) mass is 494 g/mol. The van der Waals surface area contributed by atoms with Crippen LogP contribution in [0.2, 0.25) is 10.0 Å². The topological polar surface area (TPSA) is 49.3 Å². The van der Waals surface area contributed by atoms with Crippen LogP contribution >= 0.6 is 23.2 Å². The van der Waals surface area contributed by atoms with E-state index in [0.29, 0.717) is 29.6 Å². The average Bonchev–Trinajstić information content (AvgIpc) is 3.70. The Labute approximate surface area is 210 Å². The number of halogens is 2. The van der Waals surface area contributed by atoms with Crippen molar-refractivity contribution >= 4 is 34.9 Å². The van der Waals surface area contributed by atoms with Crippen LogP contribution in [0.5, 0.6) is 0 Å². The van der Waals surface area contributed by atoms with Gasteiger partial charge in [-0.3, -0.25) is 4.79 Å². The van der Waals surface area contributed by atoms with E-state index >= 15 is 0 Å². The summed E-state index contributed by atoms with van der Waals surface area (Å²) in [5.74, 6) is 2.45. The Kier molecular flexibility index (Phi) is 6.75. The second kappa shape index (κ2) is 9.93. The van der Waals surface area contributed by atoms with Gasteiger partial charge in [0.05, 0.1) is 10.6 Å². The number of hydrogen-bond acceptors (Lipinski definition) is 4. The Hall–Kier alpha value is -2.63. The van der Waals surface area contributed by atoms with Gasteiger partial charge in [0.15, 0.2) is 0 Å². The van der Waals surface area contributed by atoms with Crippen molar-refractivity contribution in [2.24, 2.45) is 0 Å². The first kappa shape index (κ1) is 23.1. The highest BCUT2D eigenvalue weighted by Gasteiger charge is 2.31. The number of nitrogens with zero attached hydrogens (tertiary/aromatic N) is 4. The zero-order chi connectivity index (χ0) is 23.7. The fourth-order valence-corrected chi connectivity index (χ4v) is 5.00. The molecule has 1 amide bonds. The summed E-state index contributed by atoms with van der Waals surface area (Å²) in [5, 5.41) is 1.23. The fourth-order valence-electron chi connectivity index (χ4n) is 4.57. The maximum absolute atomic E-state index is 13.0. The van der Waals surface area contributed by atoms with E-state index in [1.54, 1.807) is 12.1 Å². The Balaban J connectivity index is 1.42. The summed E-state index contributed by atoms with van der Waals surface area (Å²) < 4.78 is 0. The van der Waals surface area contributed by atoms with Crippen molar-refractivity contribution in [1.29, 1.82) is 0 Å². The van der Waals surface area contributed by atoms with Crippen LogP contribution in [0.3, 0.4) is 0 Å². The largest absolute Gasteiger partial charge is 0.353 e. The SMILES string of the molecule is CCc1nc(C2CC2)nc(N2CCN(C(=O)c3ccccc3Cl)CC2)c1Cc1cccc(Cl)c1. The van der Waals surface area contributed by atoms with Crippen molar-refractivity contribution in [1.82, 2.24) is 14.9 Å². The fraction of sp³-hybridized carbons (Fsp3) is 0.370. The van der Waals surface area contributed by atoms with E-state index in [2.05, 4.69) is 17.9 Å². The number of anilines is 1. The lowest BCUT2D eigenvalue weighted by atomic mass is 10.0. The summed E-state index contributed by atoms with van der Waals surface area (Å²) >= 11 is 12.5. The van der Waals surface area contributed by atoms with Crippen LogP contribution in [0.1, 0.15) is 58.7 Å². The number of aromatic nitrogens is 2. The highest BCUT2D eigenvalue weighted by molar-refractivity contribution is 6.33. The van der Waals surface area contributed by atoms with Crippen LogP contribution in [0.15, 0.2) is 48.5 Å². The molecule has 2 aliphatic rings. The third-order valence-corrected chi connectivity index (χ3v) is 7.17. The summed E-state index contributed by atoms with van der Waals surface area (Å²) in [5.41, 5.74) is 3.99. The lowest BCUT2D eigenvalue weighted by Gasteiger charge is -2.37. The molecule has 0 unspecified atom stereocenters. The van der Waals surface area contributed by atoms with Crippen LogP contribution in [0.25, 0.3) is 0 Å². The zero-order valence-electron chi connectivity index (χ0n) is 19.3. The molecular weight excluding hydrogens is 467 g/mol. The van der Waals surface area contributed by atoms with Crippen LogP contribution in [0, 0.1) is 0 Å². The van der Waals surface area contributed by atoms with Gasteiger partial charge in [0.2, 0.25) is 0 Å². The molecule has 7 heteroatoms. The first-order chi connectivity index (χ1) is 16.5.